The van der Waals surface area contributed by atoms with E-state index in [0.29, 0.717) is 33.4 Å². The van der Waals surface area contributed by atoms with Gasteiger partial charge < -0.3 is 8.83 Å². The zero-order valence-electron chi connectivity index (χ0n) is 11.9. The Balaban J connectivity index is 1.73. The molecular formula is C14H14ClN3O2S. The van der Waals surface area contributed by atoms with Crippen molar-refractivity contribution in [2.45, 2.75) is 37.2 Å². The smallest absolute Gasteiger partial charge is 0.257 e. The molecule has 21 heavy (non-hydrogen) atoms. The molecule has 0 saturated heterocycles. The fourth-order valence-corrected chi connectivity index (χ4v) is 2.51. The van der Waals surface area contributed by atoms with E-state index < -0.39 is 0 Å². The minimum absolute atomic E-state index is 0.149. The van der Waals surface area contributed by atoms with Gasteiger partial charge in [-0.3, -0.25) is 0 Å². The first-order chi connectivity index (χ1) is 9.91. The third kappa shape index (κ3) is 3.22. The number of rotatable bonds is 3. The Hall–Kier alpha value is -1.53. The molecule has 1 aromatic carbocycles. The maximum Gasteiger partial charge on any atom is 0.257 e. The van der Waals surface area contributed by atoms with Crippen molar-refractivity contribution in [2.75, 3.05) is 0 Å². The molecular weight excluding hydrogens is 310 g/mol. The van der Waals surface area contributed by atoms with Crippen LogP contribution in [0.2, 0.25) is 5.02 Å². The van der Waals surface area contributed by atoms with Crippen LogP contribution in [0.15, 0.2) is 32.3 Å². The van der Waals surface area contributed by atoms with E-state index in [9.17, 15) is 0 Å². The second kappa shape index (κ2) is 5.35. The highest BCUT2D eigenvalue weighted by Crippen LogP contribution is 2.28. The van der Waals surface area contributed by atoms with Crippen LogP contribution < -0.4 is 0 Å². The fraction of sp³-hybridized carbons (Fsp3) is 0.357. The van der Waals surface area contributed by atoms with Crippen LogP contribution in [0.1, 0.15) is 32.6 Å². The van der Waals surface area contributed by atoms with Gasteiger partial charge in [0.2, 0.25) is 11.8 Å². The largest absolute Gasteiger partial charge is 0.431 e. The summed E-state index contributed by atoms with van der Waals surface area (Å²) in [5, 5.41) is 9.28. The molecule has 0 aliphatic rings. The number of oxazole rings is 1. The van der Waals surface area contributed by atoms with E-state index in [1.807, 2.05) is 26.8 Å². The highest BCUT2D eigenvalue weighted by atomic mass is 35.5. The van der Waals surface area contributed by atoms with Gasteiger partial charge in [0, 0.05) is 16.5 Å². The van der Waals surface area contributed by atoms with Gasteiger partial charge >= 0.3 is 0 Å². The molecule has 7 heteroatoms. The molecule has 0 N–H and O–H groups in total. The third-order valence-electron chi connectivity index (χ3n) is 2.76. The Labute approximate surface area is 131 Å². The summed E-state index contributed by atoms with van der Waals surface area (Å²) in [6, 6.07) is 5.36. The maximum atomic E-state index is 5.92. The van der Waals surface area contributed by atoms with E-state index in [1.54, 1.807) is 12.1 Å². The second-order valence-electron chi connectivity index (χ2n) is 5.63. The number of halogens is 1. The number of thioether (sulfide) groups is 1. The summed E-state index contributed by atoms with van der Waals surface area (Å²) < 4.78 is 11.3. The average Bonchev–Trinajstić information content (AvgIpc) is 3.01. The first kappa shape index (κ1) is 14.4. The van der Waals surface area contributed by atoms with Crippen molar-refractivity contribution in [2.24, 2.45) is 0 Å². The van der Waals surface area contributed by atoms with Gasteiger partial charge in [-0.25, -0.2) is 4.98 Å². The fourth-order valence-electron chi connectivity index (χ4n) is 1.68. The molecule has 0 aliphatic heterocycles. The van der Waals surface area contributed by atoms with Gasteiger partial charge in [-0.1, -0.05) is 44.1 Å². The number of hydrogen-bond donors (Lipinski definition) is 0. The SMILES string of the molecule is CC(C)(C)c1nnc(CSc2nc3ccc(Cl)cc3o2)o1. The van der Waals surface area contributed by atoms with Gasteiger partial charge in [-0.15, -0.1) is 10.2 Å². The Bertz CT molecular complexity index is 776. The molecule has 0 radical (unpaired) electrons. The van der Waals surface area contributed by atoms with Crippen LogP contribution in [0.4, 0.5) is 0 Å². The molecule has 0 saturated carbocycles. The predicted octanol–water partition coefficient (Wildman–Crippen LogP) is 4.45. The summed E-state index contributed by atoms with van der Waals surface area (Å²) >= 11 is 7.33. The van der Waals surface area contributed by atoms with E-state index in [1.165, 1.54) is 11.8 Å². The van der Waals surface area contributed by atoms with Crippen molar-refractivity contribution in [3.05, 3.63) is 35.0 Å². The number of fused-ring (bicyclic) bond motifs is 1. The van der Waals surface area contributed by atoms with Crippen LogP contribution in [0.25, 0.3) is 11.1 Å². The second-order valence-corrected chi connectivity index (χ2v) is 6.99. The monoisotopic (exact) mass is 323 g/mol. The normalized spacial score (nSPS) is 12.2. The minimum atomic E-state index is -0.149. The highest BCUT2D eigenvalue weighted by molar-refractivity contribution is 7.98. The summed E-state index contributed by atoms with van der Waals surface area (Å²) in [5.41, 5.74) is 1.30. The lowest BCUT2D eigenvalue weighted by Crippen LogP contribution is -2.11. The number of hydrogen-bond acceptors (Lipinski definition) is 6. The van der Waals surface area contributed by atoms with E-state index in [4.69, 9.17) is 20.4 Å². The van der Waals surface area contributed by atoms with Gasteiger partial charge in [-0.05, 0) is 12.1 Å². The lowest BCUT2D eigenvalue weighted by Gasteiger charge is -2.10. The van der Waals surface area contributed by atoms with Crippen molar-refractivity contribution in [3.8, 4) is 0 Å². The van der Waals surface area contributed by atoms with E-state index in [2.05, 4.69) is 15.2 Å². The number of benzene rings is 1. The molecule has 0 unspecified atom stereocenters. The highest BCUT2D eigenvalue weighted by Gasteiger charge is 2.21. The van der Waals surface area contributed by atoms with Gasteiger partial charge in [0.15, 0.2) is 5.58 Å². The van der Waals surface area contributed by atoms with Crippen LogP contribution in [0, 0.1) is 0 Å². The van der Waals surface area contributed by atoms with Crippen molar-refractivity contribution >= 4 is 34.5 Å². The first-order valence-electron chi connectivity index (χ1n) is 6.43. The Kier molecular flexibility index (Phi) is 3.67. The topological polar surface area (TPSA) is 65.0 Å². The van der Waals surface area contributed by atoms with E-state index >= 15 is 0 Å². The molecule has 0 atom stereocenters. The van der Waals surface area contributed by atoms with Gasteiger partial charge in [-0.2, -0.15) is 0 Å². The van der Waals surface area contributed by atoms with Crippen LogP contribution in [-0.4, -0.2) is 15.2 Å². The van der Waals surface area contributed by atoms with Crippen molar-refractivity contribution in [3.63, 3.8) is 0 Å². The van der Waals surface area contributed by atoms with Gasteiger partial charge in [0.1, 0.15) is 5.52 Å². The molecule has 5 nitrogen and oxygen atoms in total. The maximum absolute atomic E-state index is 5.92. The minimum Gasteiger partial charge on any atom is -0.431 e. The van der Waals surface area contributed by atoms with Crippen LogP contribution in [0.5, 0.6) is 0 Å². The Morgan fingerprint density at radius 3 is 2.71 bits per heavy atom. The average molecular weight is 324 g/mol. The van der Waals surface area contributed by atoms with Crippen molar-refractivity contribution in [1.29, 1.82) is 0 Å². The summed E-state index contributed by atoms with van der Waals surface area (Å²) in [6.45, 7) is 6.09. The molecule has 0 amide bonds. The summed E-state index contributed by atoms with van der Waals surface area (Å²) in [7, 11) is 0. The quantitative estimate of drug-likeness (QED) is 0.663. The molecule has 0 spiro atoms. The van der Waals surface area contributed by atoms with Crippen LogP contribution in [0.3, 0.4) is 0 Å². The Morgan fingerprint density at radius 1 is 1.19 bits per heavy atom. The van der Waals surface area contributed by atoms with Gasteiger partial charge in [0.25, 0.3) is 5.22 Å². The summed E-state index contributed by atoms with van der Waals surface area (Å²) in [5.74, 6) is 1.71. The van der Waals surface area contributed by atoms with Crippen LogP contribution >= 0.6 is 23.4 Å². The van der Waals surface area contributed by atoms with E-state index in [-0.39, 0.29) is 5.41 Å². The van der Waals surface area contributed by atoms with Crippen molar-refractivity contribution in [1.82, 2.24) is 15.2 Å². The number of aromatic nitrogens is 3. The van der Waals surface area contributed by atoms with Crippen molar-refractivity contribution < 1.29 is 8.83 Å². The molecule has 2 heterocycles. The first-order valence-corrected chi connectivity index (χ1v) is 7.80. The molecule has 3 rings (SSSR count). The molecule has 0 bridgehead atoms. The summed E-state index contributed by atoms with van der Waals surface area (Å²) in [6.07, 6.45) is 0. The predicted molar refractivity (Wildman–Crippen MR) is 81.6 cm³/mol. The molecule has 0 fully saturated rings. The standard InChI is InChI=1S/C14H14ClN3O2S/c1-14(2,3)12-18-17-11(20-12)7-21-13-16-9-5-4-8(15)6-10(9)19-13/h4-6H,7H2,1-3H3. The molecule has 2 aromatic heterocycles. The third-order valence-corrected chi connectivity index (χ3v) is 3.81. The molecule has 110 valence electrons. The zero-order valence-corrected chi connectivity index (χ0v) is 13.5. The lowest BCUT2D eigenvalue weighted by atomic mass is 9.97. The zero-order chi connectivity index (χ0) is 15.0. The lowest BCUT2D eigenvalue weighted by molar-refractivity contribution is 0.378. The number of nitrogens with zero attached hydrogens (tertiary/aromatic N) is 3. The molecule has 0 aliphatic carbocycles. The van der Waals surface area contributed by atoms with Crippen LogP contribution in [-0.2, 0) is 11.2 Å². The van der Waals surface area contributed by atoms with E-state index in [0.717, 1.165) is 5.52 Å². The molecule has 3 aromatic rings. The summed E-state index contributed by atoms with van der Waals surface area (Å²) in [4.78, 5) is 4.37. The van der Waals surface area contributed by atoms with Gasteiger partial charge in [0.05, 0.1) is 5.75 Å². The Morgan fingerprint density at radius 2 is 2.00 bits per heavy atom.